The van der Waals surface area contributed by atoms with Crippen LogP contribution in [0.3, 0.4) is 0 Å². The summed E-state index contributed by atoms with van der Waals surface area (Å²) in [5.41, 5.74) is 1.85. The summed E-state index contributed by atoms with van der Waals surface area (Å²) in [7, 11) is 1.28. The summed E-state index contributed by atoms with van der Waals surface area (Å²) >= 11 is 0. The number of benzene rings is 3. The molecule has 0 saturated carbocycles. The van der Waals surface area contributed by atoms with E-state index in [2.05, 4.69) is 12.2 Å². The van der Waals surface area contributed by atoms with Crippen molar-refractivity contribution in [1.29, 1.82) is 0 Å². The second kappa shape index (κ2) is 23.6. The molecule has 6 heteroatoms. The predicted molar refractivity (Wildman–Crippen MR) is 195 cm³/mol. The number of unbranched alkanes of at least 4 members (excludes halogenated alkanes) is 14. The van der Waals surface area contributed by atoms with Gasteiger partial charge in [0.25, 0.3) is 0 Å². The van der Waals surface area contributed by atoms with Gasteiger partial charge in [-0.25, -0.2) is 4.79 Å². The van der Waals surface area contributed by atoms with E-state index in [0.717, 1.165) is 36.0 Å². The van der Waals surface area contributed by atoms with Gasteiger partial charge >= 0.3 is 6.16 Å². The molecule has 0 aliphatic carbocycles. The summed E-state index contributed by atoms with van der Waals surface area (Å²) < 4.78 is 17.2. The van der Waals surface area contributed by atoms with E-state index >= 15 is 0 Å². The first-order chi connectivity index (χ1) is 23.6. The van der Waals surface area contributed by atoms with Crippen LogP contribution in [0.15, 0.2) is 91.0 Å². The van der Waals surface area contributed by atoms with E-state index < -0.39 is 17.9 Å². The largest absolute Gasteiger partial charge is 0.508 e. The molecule has 0 aliphatic rings. The van der Waals surface area contributed by atoms with Crippen molar-refractivity contribution in [2.75, 3.05) is 20.3 Å². The first-order valence-electron chi connectivity index (χ1n) is 18.4. The van der Waals surface area contributed by atoms with Gasteiger partial charge in [0.1, 0.15) is 11.7 Å². The molecule has 1 amide bonds. The van der Waals surface area contributed by atoms with Crippen molar-refractivity contribution >= 4 is 12.1 Å². The number of amides is 1. The molecule has 0 spiro atoms. The molecule has 0 fully saturated rings. The van der Waals surface area contributed by atoms with Crippen LogP contribution >= 0.6 is 0 Å². The van der Waals surface area contributed by atoms with Gasteiger partial charge in [0.15, 0.2) is 0 Å². The Balaban J connectivity index is 1.47. The number of methoxy groups -OCH3 is 1. The lowest BCUT2D eigenvalue weighted by molar-refractivity contribution is -0.122. The van der Waals surface area contributed by atoms with Crippen LogP contribution in [0.2, 0.25) is 0 Å². The SMILES string of the molecule is CCCCCCCCCCCCCCCCCC(=O)NCC(COC(c1ccccc1)(c1ccccc1)c1ccccc1)OC(=O)OC. The zero-order valence-corrected chi connectivity index (χ0v) is 29.5. The van der Waals surface area contributed by atoms with Crippen LogP contribution in [-0.4, -0.2) is 38.4 Å². The minimum atomic E-state index is -0.973. The van der Waals surface area contributed by atoms with Crippen molar-refractivity contribution in [3.05, 3.63) is 108 Å². The highest BCUT2D eigenvalue weighted by Crippen LogP contribution is 2.40. The molecule has 1 atom stereocenters. The lowest BCUT2D eigenvalue weighted by atomic mass is 9.80. The maximum Gasteiger partial charge on any atom is 0.508 e. The monoisotopic (exact) mass is 657 g/mol. The number of hydrogen-bond donors (Lipinski definition) is 1. The second-order valence-electron chi connectivity index (χ2n) is 12.8. The van der Waals surface area contributed by atoms with Gasteiger partial charge in [-0.15, -0.1) is 0 Å². The van der Waals surface area contributed by atoms with Crippen LogP contribution < -0.4 is 5.32 Å². The number of hydrogen-bond acceptors (Lipinski definition) is 5. The zero-order valence-electron chi connectivity index (χ0n) is 29.5. The minimum Gasteiger partial charge on any atom is -0.438 e. The van der Waals surface area contributed by atoms with Crippen molar-refractivity contribution in [2.45, 2.75) is 121 Å². The fraction of sp³-hybridized carbons (Fsp3) is 0.524. The van der Waals surface area contributed by atoms with Crippen LogP contribution in [0, 0.1) is 0 Å². The Bertz CT molecular complexity index is 1150. The normalized spacial score (nSPS) is 12.0. The zero-order chi connectivity index (χ0) is 34.1. The summed E-state index contributed by atoms with van der Waals surface area (Å²) in [6.45, 7) is 2.43. The maximum atomic E-state index is 12.8. The molecule has 48 heavy (non-hydrogen) atoms. The van der Waals surface area contributed by atoms with Gasteiger partial charge in [0, 0.05) is 6.42 Å². The van der Waals surface area contributed by atoms with Crippen molar-refractivity contribution in [2.24, 2.45) is 0 Å². The Morgan fingerprint density at radius 2 is 1.00 bits per heavy atom. The van der Waals surface area contributed by atoms with E-state index in [0.29, 0.717) is 6.42 Å². The quantitative estimate of drug-likeness (QED) is 0.0558. The number of nitrogens with one attached hydrogen (secondary N) is 1. The minimum absolute atomic E-state index is 0.0347. The van der Waals surface area contributed by atoms with Crippen LogP contribution in [0.1, 0.15) is 126 Å². The Morgan fingerprint density at radius 1 is 0.604 bits per heavy atom. The molecule has 0 bridgehead atoms. The van der Waals surface area contributed by atoms with E-state index in [1.807, 2.05) is 91.0 Å². The first kappa shape index (κ1) is 38.8. The molecule has 0 heterocycles. The van der Waals surface area contributed by atoms with Gasteiger partial charge in [-0.05, 0) is 23.1 Å². The molecule has 1 N–H and O–H groups in total. The fourth-order valence-corrected chi connectivity index (χ4v) is 6.28. The third kappa shape index (κ3) is 13.8. The maximum absolute atomic E-state index is 12.8. The molecule has 6 nitrogen and oxygen atoms in total. The fourth-order valence-electron chi connectivity index (χ4n) is 6.28. The van der Waals surface area contributed by atoms with E-state index in [1.165, 1.54) is 84.2 Å². The molecule has 3 aromatic rings. The molecule has 0 aliphatic heterocycles. The smallest absolute Gasteiger partial charge is 0.438 e. The summed E-state index contributed by atoms with van der Waals surface area (Å²) in [6.07, 6.45) is 18.2. The van der Waals surface area contributed by atoms with Crippen molar-refractivity contribution < 1.29 is 23.8 Å². The average Bonchev–Trinajstić information content (AvgIpc) is 3.13. The van der Waals surface area contributed by atoms with Gasteiger partial charge in [-0.3, -0.25) is 4.79 Å². The standard InChI is InChI=1S/C42H59NO5/c1-3-4-5-6-7-8-9-10-11-12-13-14-15-16-26-33-40(44)43-34-39(48-41(45)46-2)35-47-42(36-27-20-17-21-28-36,37-29-22-18-23-30-37)38-31-24-19-25-32-38/h17-25,27-32,39H,3-16,26,33-35H2,1-2H3,(H,43,44). The number of carbonyl (C=O) groups excluding carboxylic acids is 2. The Kier molecular flexibility index (Phi) is 19.1. The summed E-state index contributed by atoms with van der Waals surface area (Å²) in [5.74, 6) is -0.0522. The summed E-state index contributed by atoms with van der Waals surface area (Å²) in [6, 6.07) is 30.1. The van der Waals surface area contributed by atoms with Crippen LogP contribution in [-0.2, 0) is 24.6 Å². The lowest BCUT2D eigenvalue weighted by Gasteiger charge is -2.37. The van der Waals surface area contributed by atoms with E-state index in [1.54, 1.807) is 0 Å². The number of rotatable bonds is 25. The van der Waals surface area contributed by atoms with Crippen molar-refractivity contribution in [3.8, 4) is 0 Å². The summed E-state index contributed by atoms with van der Waals surface area (Å²) in [4.78, 5) is 25.0. The highest BCUT2D eigenvalue weighted by atomic mass is 16.7. The molecular formula is C42H59NO5. The van der Waals surface area contributed by atoms with E-state index in [9.17, 15) is 9.59 Å². The van der Waals surface area contributed by atoms with E-state index in [4.69, 9.17) is 14.2 Å². The Hall–Kier alpha value is -3.64. The molecule has 0 aromatic heterocycles. The van der Waals surface area contributed by atoms with Crippen molar-refractivity contribution in [3.63, 3.8) is 0 Å². The topological polar surface area (TPSA) is 73.9 Å². The molecule has 0 saturated heterocycles. The van der Waals surface area contributed by atoms with Crippen LogP contribution in [0.25, 0.3) is 0 Å². The molecular weight excluding hydrogens is 598 g/mol. The Morgan fingerprint density at radius 3 is 1.40 bits per heavy atom. The van der Waals surface area contributed by atoms with Gasteiger partial charge in [-0.2, -0.15) is 0 Å². The molecule has 3 rings (SSSR count). The third-order valence-electron chi connectivity index (χ3n) is 8.99. The first-order valence-corrected chi connectivity index (χ1v) is 18.4. The van der Waals surface area contributed by atoms with Gasteiger partial charge in [0.05, 0.1) is 20.3 Å². The van der Waals surface area contributed by atoms with Gasteiger partial charge < -0.3 is 19.5 Å². The highest BCUT2D eigenvalue weighted by Gasteiger charge is 2.38. The molecule has 262 valence electrons. The lowest BCUT2D eigenvalue weighted by Crippen LogP contribution is -2.41. The van der Waals surface area contributed by atoms with E-state index in [-0.39, 0.29) is 19.1 Å². The molecule has 0 radical (unpaired) electrons. The number of carbonyl (C=O) groups is 2. The molecule has 1 unspecified atom stereocenters. The second-order valence-corrected chi connectivity index (χ2v) is 12.8. The number of ether oxygens (including phenoxy) is 3. The highest BCUT2D eigenvalue weighted by molar-refractivity contribution is 5.75. The Labute approximate surface area is 290 Å². The average molecular weight is 658 g/mol. The third-order valence-corrected chi connectivity index (χ3v) is 8.99. The van der Waals surface area contributed by atoms with Crippen LogP contribution in [0.4, 0.5) is 4.79 Å². The van der Waals surface area contributed by atoms with Crippen LogP contribution in [0.5, 0.6) is 0 Å². The van der Waals surface area contributed by atoms with Crippen molar-refractivity contribution in [1.82, 2.24) is 5.32 Å². The predicted octanol–water partition coefficient (Wildman–Crippen LogP) is 10.5. The van der Waals surface area contributed by atoms with Gasteiger partial charge in [0.2, 0.25) is 5.91 Å². The van der Waals surface area contributed by atoms with Gasteiger partial charge in [-0.1, -0.05) is 188 Å². The molecule has 3 aromatic carbocycles. The summed E-state index contributed by atoms with van der Waals surface area (Å²) in [5, 5.41) is 2.97.